The predicted molar refractivity (Wildman–Crippen MR) is 224 cm³/mol. The monoisotopic (exact) mass is 815 g/mol. The van der Waals surface area contributed by atoms with Gasteiger partial charge in [0.1, 0.15) is 35.7 Å². The third kappa shape index (κ3) is 6.99. The Hall–Kier alpha value is -7.47. The number of nitrogens with zero attached hydrogens (tertiary/aromatic N) is 2. The molecule has 6 unspecified atom stereocenters. The molecule has 4 amide bonds. The van der Waals surface area contributed by atoms with Crippen LogP contribution in [0, 0.1) is 17.8 Å². The first-order chi connectivity index (χ1) is 29.8. The maximum atomic E-state index is 15.4. The zero-order valence-corrected chi connectivity index (χ0v) is 32.7. The number of amides is 4. The minimum atomic E-state index is -1.76. The highest BCUT2D eigenvalue weighted by Gasteiger charge is 2.74. The average molecular weight is 816 g/mol. The highest BCUT2D eigenvalue weighted by Crippen LogP contribution is 2.64. The Morgan fingerprint density at radius 1 is 0.869 bits per heavy atom. The molecule has 2 fully saturated rings. The number of benzene rings is 5. The van der Waals surface area contributed by atoms with Crippen LogP contribution in [0.25, 0.3) is 11.0 Å². The van der Waals surface area contributed by atoms with Gasteiger partial charge >= 0.3 is 12.0 Å². The Kier molecular flexibility index (Phi) is 10.4. The van der Waals surface area contributed by atoms with Crippen LogP contribution in [0.15, 0.2) is 127 Å². The fraction of sp³-hybridized carbons (Fsp3) is 0.213. The first-order valence-electron chi connectivity index (χ1n) is 19.9. The van der Waals surface area contributed by atoms with E-state index in [0.717, 1.165) is 22.2 Å². The Labute approximate surface area is 350 Å². The Balaban J connectivity index is 1.27. The number of urea groups is 1. The summed E-state index contributed by atoms with van der Waals surface area (Å²) in [6, 6.07) is 35.3. The summed E-state index contributed by atoms with van der Waals surface area (Å²) in [6.45, 7) is -0.152. The molecule has 5 aromatic carbocycles. The van der Waals surface area contributed by atoms with Crippen molar-refractivity contribution in [3.63, 3.8) is 0 Å². The Bertz CT molecular complexity index is 2660. The molecule has 0 bridgehead atoms. The van der Waals surface area contributed by atoms with Gasteiger partial charge in [0.15, 0.2) is 0 Å². The summed E-state index contributed by atoms with van der Waals surface area (Å²) in [4.78, 5) is 67.1. The van der Waals surface area contributed by atoms with Crippen molar-refractivity contribution >= 4 is 40.5 Å². The third-order valence-electron chi connectivity index (χ3n) is 11.6. The fourth-order valence-corrected chi connectivity index (χ4v) is 9.23. The van der Waals surface area contributed by atoms with E-state index in [0.29, 0.717) is 34.0 Å². The normalized spacial score (nSPS) is 22.7. The number of anilines is 1. The standard InChI is InChI=1S/C47H41N7O7/c48-46(59)49-23-9-10-28-17-22-34-33(26-28)47(45(58)53-34)38(43(56)50-27-37-51-35-15-7-8-16-36(35)52-37)40-44(57)61-41(30-13-5-2-6-14-30)39(29-11-3-1-4-12-29)54(40)42(47)31-18-20-32(21-19-31)60-25-24-55/h1-8,11-22,26,38-42,55H,23-25,27H2,(H,50,56)(H,51,52)(H,53,58)(H3,48,49,59). The Morgan fingerprint density at radius 2 is 1.59 bits per heavy atom. The molecule has 9 rings (SSSR count). The SMILES string of the molecule is NC(=O)NCC#Cc1ccc2c(c1)C1(C(=O)N2)C(C(=O)NCc2nc3ccccc3[nH]2)C2C(=O)OC(c3ccccc3)C(c3ccccc3)N2C1c1ccc(OCCO)cc1. The zero-order valence-electron chi connectivity index (χ0n) is 32.7. The van der Waals surface area contributed by atoms with E-state index in [1.165, 1.54) is 0 Å². The molecule has 306 valence electrons. The quantitative estimate of drug-likeness (QED) is 0.0849. The number of hydrogen-bond donors (Lipinski definition) is 6. The zero-order chi connectivity index (χ0) is 42.1. The summed E-state index contributed by atoms with van der Waals surface area (Å²) in [6.07, 6.45) is -0.838. The van der Waals surface area contributed by atoms with E-state index in [1.807, 2.05) is 102 Å². The number of aliphatic hydroxyl groups is 1. The van der Waals surface area contributed by atoms with E-state index in [1.54, 1.807) is 30.3 Å². The fourth-order valence-electron chi connectivity index (χ4n) is 9.23. The highest BCUT2D eigenvalue weighted by molar-refractivity contribution is 6.12. The largest absolute Gasteiger partial charge is 0.491 e. The van der Waals surface area contributed by atoms with Crippen LogP contribution in [0.3, 0.4) is 0 Å². The molecule has 1 aromatic heterocycles. The van der Waals surface area contributed by atoms with Crippen LogP contribution in [-0.2, 0) is 31.1 Å². The second-order valence-corrected chi connectivity index (χ2v) is 15.1. The van der Waals surface area contributed by atoms with Gasteiger partial charge < -0.3 is 41.2 Å². The van der Waals surface area contributed by atoms with Crippen LogP contribution in [0.4, 0.5) is 10.5 Å². The number of morpholine rings is 1. The number of esters is 1. The number of fused-ring (bicyclic) bond motifs is 4. The van der Waals surface area contributed by atoms with Crippen molar-refractivity contribution in [2.45, 2.75) is 36.2 Å². The molecule has 0 radical (unpaired) electrons. The lowest BCUT2D eigenvalue weighted by Crippen LogP contribution is -2.54. The molecular weight excluding hydrogens is 775 g/mol. The van der Waals surface area contributed by atoms with Crippen molar-refractivity contribution in [2.75, 3.05) is 25.1 Å². The molecule has 6 aromatic rings. The summed E-state index contributed by atoms with van der Waals surface area (Å²) in [5, 5.41) is 18.1. The van der Waals surface area contributed by atoms with Crippen LogP contribution in [0.1, 0.15) is 51.8 Å². The number of hydrogen-bond acceptors (Lipinski definition) is 9. The number of imidazole rings is 1. The summed E-state index contributed by atoms with van der Waals surface area (Å²) in [5.41, 5.74) is 8.61. The van der Waals surface area contributed by atoms with Gasteiger partial charge in [-0.25, -0.2) is 9.78 Å². The summed E-state index contributed by atoms with van der Waals surface area (Å²) in [5.74, 6) is 3.87. The molecule has 14 heteroatoms. The van der Waals surface area contributed by atoms with Crippen molar-refractivity contribution < 1.29 is 33.8 Å². The molecule has 0 aliphatic carbocycles. The topological polar surface area (TPSA) is 201 Å². The van der Waals surface area contributed by atoms with Gasteiger partial charge in [0, 0.05) is 11.3 Å². The first kappa shape index (κ1) is 39.0. The summed E-state index contributed by atoms with van der Waals surface area (Å²) in [7, 11) is 0. The van der Waals surface area contributed by atoms with Gasteiger partial charge in [0.2, 0.25) is 11.8 Å². The van der Waals surface area contributed by atoms with E-state index >= 15 is 14.4 Å². The van der Waals surface area contributed by atoms with Crippen LogP contribution in [0.2, 0.25) is 0 Å². The van der Waals surface area contributed by atoms with Crippen molar-refractivity contribution in [1.82, 2.24) is 25.5 Å². The van der Waals surface area contributed by atoms with Gasteiger partial charge in [-0.1, -0.05) is 96.8 Å². The lowest BCUT2D eigenvalue weighted by Gasteiger charge is -2.46. The number of carbonyl (C=O) groups excluding carboxylic acids is 4. The summed E-state index contributed by atoms with van der Waals surface area (Å²) < 4.78 is 12.2. The molecule has 3 aliphatic rings. The van der Waals surface area contributed by atoms with Gasteiger partial charge in [-0.3, -0.25) is 19.3 Å². The van der Waals surface area contributed by atoms with Crippen molar-refractivity contribution in [3.05, 3.63) is 161 Å². The van der Waals surface area contributed by atoms with E-state index in [2.05, 4.69) is 37.8 Å². The smallest absolute Gasteiger partial charge is 0.324 e. The first-order valence-corrected chi connectivity index (χ1v) is 19.9. The lowest BCUT2D eigenvalue weighted by atomic mass is 9.65. The van der Waals surface area contributed by atoms with Gasteiger partial charge in [-0.05, 0) is 64.7 Å². The molecule has 0 saturated carbocycles. The third-order valence-corrected chi connectivity index (χ3v) is 11.6. The number of nitrogens with two attached hydrogens (primary N) is 1. The van der Waals surface area contributed by atoms with Crippen molar-refractivity contribution in [1.29, 1.82) is 0 Å². The molecule has 2 saturated heterocycles. The number of primary amides is 1. The predicted octanol–water partition coefficient (Wildman–Crippen LogP) is 4.54. The van der Waals surface area contributed by atoms with Crippen LogP contribution in [-0.4, -0.2) is 69.6 Å². The van der Waals surface area contributed by atoms with Crippen molar-refractivity contribution in [2.24, 2.45) is 11.7 Å². The maximum Gasteiger partial charge on any atom is 0.324 e. The summed E-state index contributed by atoms with van der Waals surface area (Å²) >= 11 is 0. The second-order valence-electron chi connectivity index (χ2n) is 15.1. The Morgan fingerprint density at radius 3 is 2.31 bits per heavy atom. The minimum Gasteiger partial charge on any atom is -0.491 e. The molecule has 14 nitrogen and oxygen atoms in total. The minimum absolute atomic E-state index is 0.0176. The molecule has 4 heterocycles. The van der Waals surface area contributed by atoms with E-state index < -0.39 is 59.4 Å². The van der Waals surface area contributed by atoms with Crippen LogP contribution >= 0.6 is 0 Å². The number of ether oxygens (including phenoxy) is 2. The van der Waals surface area contributed by atoms with E-state index in [9.17, 15) is 9.90 Å². The number of para-hydroxylation sites is 2. The molecule has 7 N–H and O–H groups in total. The van der Waals surface area contributed by atoms with E-state index in [-0.39, 0.29) is 26.3 Å². The maximum absolute atomic E-state index is 15.4. The average Bonchev–Trinajstić information content (AvgIpc) is 3.94. The number of cyclic esters (lactones) is 1. The van der Waals surface area contributed by atoms with Crippen LogP contribution < -0.4 is 26.4 Å². The number of rotatable bonds is 10. The molecule has 3 aliphatic heterocycles. The molecular formula is C47H41N7O7. The van der Waals surface area contributed by atoms with E-state index in [4.69, 9.17) is 15.2 Å². The van der Waals surface area contributed by atoms with Crippen LogP contribution in [0.5, 0.6) is 5.75 Å². The lowest BCUT2D eigenvalue weighted by molar-refractivity contribution is -0.178. The molecule has 61 heavy (non-hydrogen) atoms. The van der Waals surface area contributed by atoms with Gasteiger partial charge in [0.05, 0.1) is 48.7 Å². The van der Waals surface area contributed by atoms with Gasteiger partial charge in [0.25, 0.3) is 0 Å². The molecule has 1 spiro atoms. The van der Waals surface area contributed by atoms with Gasteiger partial charge in [-0.15, -0.1) is 0 Å². The van der Waals surface area contributed by atoms with Gasteiger partial charge in [-0.2, -0.15) is 0 Å². The number of H-pyrrole nitrogens is 1. The number of aromatic amines is 1. The number of aromatic nitrogens is 2. The molecule has 6 atom stereocenters. The van der Waals surface area contributed by atoms with Crippen molar-refractivity contribution in [3.8, 4) is 17.6 Å². The second kappa shape index (κ2) is 16.3. The highest BCUT2D eigenvalue weighted by atomic mass is 16.6. The number of aliphatic hydroxyl groups excluding tert-OH is 1. The number of carbonyl (C=O) groups is 4. The number of nitrogens with one attached hydrogen (secondary N) is 4.